The Morgan fingerprint density at radius 1 is 1.13 bits per heavy atom. The number of anilines is 2. The Balaban J connectivity index is 1.52. The number of aromatic nitrogens is 4. The Morgan fingerprint density at radius 2 is 1.90 bits per heavy atom. The molecule has 2 aliphatic heterocycles. The first-order valence-electron chi connectivity index (χ1n) is 9.92. The first-order valence-corrected chi connectivity index (χ1v) is 10.3. The number of fused-ring (bicyclic) bond motifs is 1. The van der Waals surface area contributed by atoms with Gasteiger partial charge >= 0.3 is 0 Å². The molecule has 1 aromatic carbocycles. The molecule has 4 heterocycles. The average Bonchev–Trinajstić information content (AvgIpc) is 3.10. The molecule has 9 heteroatoms. The van der Waals surface area contributed by atoms with E-state index >= 15 is 0 Å². The Labute approximate surface area is 178 Å². The Kier molecular flexibility index (Phi) is 4.88. The van der Waals surface area contributed by atoms with Crippen LogP contribution in [0.5, 0.6) is 0 Å². The summed E-state index contributed by atoms with van der Waals surface area (Å²) < 4.78 is 7.05. The predicted molar refractivity (Wildman–Crippen MR) is 113 cm³/mol. The number of hydrogen-bond acceptors (Lipinski definition) is 6. The van der Waals surface area contributed by atoms with Crippen molar-refractivity contribution < 1.29 is 9.53 Å². The van der Waals surface area contributed by atoms with Gasteiger partial charge in [0.2, 0.25) is 5.91 Å². The van der Waals surface area contributed by atoms with Crippen molar-refractivity contribution in [2.45, 2.75) is 19.3 Å². The van der Waals surface area contributed by atoms with E-state index in [-0.39, 0.29) is 11.8 Å². The SMILES string of the molecule is Cc1nn(-c2ccc(N3CCOCC3)nn2)c2c1C(c1cccc(Cl)c1)CC(=O)N2. The standard InChI is InChI=1S/C21H21ClN6O2/c1-13-20-16(14-3-2-4-15(22)11-14)12-19(29)23-21(20)28(26-13)18-6-5-17(24-25-18)27-7-9-30-10-8-27/h2-6,11,16H,7-10,12H2,1H3,(H,23,29). The molecular formula is C21H21ClN6O2. The highest BCUT2D eigenvalue weighted by Gasteiger charge is 2.33. The number of morpholine rings is 1. The summed E-state index contributed by atoms with van der Waals surface area (Å²) in [6.07, 6.45) is 0.349. The zero-order chi connectivity index (χ0) is 20.7. The average molecular weight is 425 g/mol. The number of carbonyl (C=O) groups is 1. The molecule has 30 heavy (non-hydrogen) atoms. The van der Waals surface area contributed by atoms with Gasteiger partial charge in [-0.2, -0.15) is 9.78 Å². The quantitative estimate of drug-likeness (QED) is 0.695. The van der Waals surface area contributed by atoms with Crippen molar-refractivity contribution in [1.29, 1.82) is 0 Å². The van der Waals surface area contributed by atoms with Gasteiger partial charge in [-0.05, 0) is 36.8 Å². The number of benzene rings is 1. The highest BCUT2D eigenvalue weighted by atomic mass is 35.5. The van der Waals surface area contributed by atoms with Crippen LogP contribution >= 0.6 is 11.6 Å². The largest absolute Gasteiger partial charge is 0.378 e. The molecular weight excluding hydrogens is 404 g/mol. The first kappa shape index (κ1) is 19.0. The summed E-state index contributed by atoms with van der Waals surface area (Å²) in [5.74, 6) is 1.83. The molecule has 0 saturated carbocycles. The van der Waals surface area contributed by atoms with E-state index in [1.807, 2.05) is 43.3 Å². The summed E-state index contributed by atoms with van der Waals surface area (Å²) in [6.45, 7) is 4.90. The molecule has 0 bridgehead atoms. The van der Waals surface area contributed by atoms with Crippen molar-refractivity contribution in [3.05, 3.63) is 58.2 Å². The topological polar surface area (TPSA) is 85.2 Å². The maximum atomic E-state index is 12.5. The van der Waals surface area contributed by atoms with Crippen LogP contribution < -0.4 is 10.2 Å². The van der Waals surface area contributed by atoms with Gasteiger partial charge in [0.1, 0.15) is 5.82 Å². The number of halogens is 1. The van der Waals surface area contributed by atoms with Gasteiger partial charge in [0.05, 0.1) is 18.9 Å². The van der Waals surface area contributed by atoms with Gasteiger partial charge in [0, 0.05) is 36.0 Å². The van der Waals surface area contributed by atoms with Gasteiger partial charge in [0.15, 0.2) is 11.6 Å². The fraction of sp³-hybridized carbons (Fsp3) is 0.333. The Morgan fingerprint density at radius 3 is 2.63 bits per heavy atom. The van der Waals surface area contributed by atoms with E-state index in [2.05, 4.69) is 25.5 Å². The maximum absolute atomic E-state index is 12.5. The van der Waals surface area contributed by atoms with Crippen LogP contribution in [0.25, 0.3) is 5.82 Å². The van der Waals surface area contributed by atoms with E-state index in [4.69, 9.17) is 16.3 Å². The van der Waals surface area contributed by atoms with Crippen LogP contribution in [0, 0.1) is 6.92 Å². The number of nitrogens with one attached hydrogen (secondary N) is 1. The van der Waals surface area contributed by atoms with E-state index < -0.39 is 0 Å². The number of aryl methyl sites for hydroxylation is 1. The zero-order valence-corrected chi connectivity index (χ0v) is 17.3. The van der Waals surface area contributed by atoms with Crippen molar-refractivity contribution in [2.75, 3.05) is 36.5 Å². The minimum absolute atomic E-state index is 0.0634. The van der Waals surface area contributed by atoms with Crippen LogP contribution in [-0.2, 0) is 9.53 Å². The fourth-order valence-electron chi connectivity index (χ4n) is 4.11. The highest BCUT2D eigenvalue weighted by Crippen LogP contribution is 2.40. The number of carbonyl (C=O) groups excluding carboxylic acids is 1. The molecule has 0 radical (unpaired) electrons. The van der Waals surface area contributed by atoms with Crippen LogP contribution in [-0.4, -0.2) is 52.2 Å². The summed E-state index contributed by atoms with van der Waals surface area (Å²) in [4.78, 5) is 14.6. The number of rotatable bonds is 3. The van der Waals surface area contributed by atoms with Crippen molar-refractivity contribution in [3.8, 4) is 5.82 Å². The Bertz CT molecular complexity index is 1090. The second-order valence-corrected chi connectivity index (χ2v) is 7.90. The molecule has 2 aromatic heterocycles. The summed E-state index contributed by atoms with van der Waals surface area (Å²) in [5, 5.41) is 17.0. The molecule has 0 aliphatic carbocycles. The van der Waals surface area contributed by atoms with Gasteiger partial charge in [-0.3, -0.25) is 4.79 Å². The third kappa shape index (κ3) is 3.42. The minimum atomic E-state index is -0.109. The minimum Gasteiger partial charge on any atom is -0.378 e. The molecule has 1 fully saturated rings. The summed E-state index contributed by atoms with van der Waals surface area (Å²) >= 11 is 6.20. The molecule has 2 aliphatic rings. The third-order valence-corrected chi connectivity index (χ3v) is 5.78. The van der Waals surface area contributed by atoms with Crippen molar-refractivity contribution in [1.82, 2.24) is 20.0 Å². The van der Waals surface area contributed by atoms with Crippen LogP contribution in [0.1, 0.15) is 29.2 Å². The molecule has 1 N–H and O–H groups in total. The van der Waals surface area contributed by atoms with Crippen molar-refractivity contribution in [3.63, 3.8) is 0 Å². The monoisotopic (exact) mass is 424 g/mol. The molecule has 1 unspecified atom stereocenters. The molecule has 1 saturated heterocycles. The summed E-state index contributed by atoms with van der Waals surface area (Å²) in [5.41, 5.74) is 2.82. The normalized spacial score (nSPS) is 18.8. The molecule has 154 valence electrons. The number of amides is 1. The van der Waals surface area contributed by atoms with E-state index in [0.29, 0.717) is 36.3 Å². The van der Waals surface area contributed by atoms with E-state index in [9.17, 15) is 4.79 Å². The van der Waals surface area contributed by atoms with Crippen LogP contribution in [0.4, 0.5) is 11.6 Å². The fourth-order valence-corrected chi connectivity index (χ4v) is 4.31. The van der Waals surface area contributed by atoms with Gasteiger partial charge in [-0.15, -0.1) is 10.2 Å². The lowest BCUT2D eigenvalue weighted by atomic mass is 9.86. The zero-order valence-electron chi connectivity index (χ0n) is 16.5. The van der Waals surface area contributed by atoms with Crippen molar-refractivity contribution >= 4 is 29.1 Å². The summed E-state index contributed by atoms with van der Waals surface area (Å²) in [7, 11) is 0. The molecule has 1 amide bonds. The second kappa shape index (κ2) is 7.70. The molecule has 3 aromatic rings. The lowest BCUT2D eigenvalue weighted by Crippen LogP contribution is -2.36. The van der Waals surface area contributed by atoms with Crippen LogP contribution in [0.2, 0.25) is 5.02 Å². The molecule has 8 nitrogen and oxygen atoms in total. The maximum Gasteiger partial charge on any atom is 0.226 e. The predicted octanol–water partition coefficient (Wildman–Crippen LogP) is 2.93. The molecule has 0 spiro atoms. The third-order valence-electron chi connectivity index (χ3n) is 5.54. The number of hydrogen-bond donors (Lipinski definition) is 1. The van der Waals surface area contributed by atoms with E-state index in [1.165, 1.54) is 0 Å². The van der Waals surface area contributed by atoms with Gasteiger partial charge in [-0.25, -0.2) is 0 Å². The van der Waals surface area contributed by atoms with Crippen molar-refractivity contribution in [2.24, 2.45) is 0 Å². The van der Waals surface area contributed by atoms with Gasteiger partial charge in [-0.1, -0.05) is 23.7 Å². The number of ether oxygens (including phenoxy) is 1. The second-order valence-electron chi connectivity index (χ2n) is 7.47. The lowest BCUT2D eigenvalue weighted by molar-refractivity contribution is -0.116. The molecule has 5 rings (SSSR count). The van der Waals surface area contributed by atoms with Crippen LogP contribution in [0.3, 0.4) is 0 Å². The summed E-state index contributed by atoms with van der Waals surface area (Å²) in [6, 6.07) is 11.4. The smallest absolute Gasteiger partial charge is 0.226 e. The van der Waals surface area contributed by atoms with Gasteiger partial charge < -0.3 is 15.0 Å². The molecule has 1 atom stereocenters. The van der Waals surface area contributed by atoms with Gasteiger partial charge in [0.25, 0.3) is 0 Å². The van der Waals surface area contributed by atoms with Crippen LogP contribution in [0.15, 0.2) is 36.4 Å². The number of nitrogens with zero attached hydrogens (tertiary/aromatic N) is 5. The first-order chi connectivity index (χ1) is 14.6. The van der Waals surface area contributed by atoms with E-state index in [0.717, 1.165) is 35.7 Å². The Hall–Kier alpha value is -2.97. The lowest BCUT2D eigenvalue weighted by Gasteiger charge is -2.27. The van der Waals surface area contributed by atoms with E-state index in [1.54, 1.807) is 4.68 Å². The highest BCUT2D eigenvalue weighted by molar-refractivity contribution is 6.30.